The van der Waals surface area contributed by atoms with Gasteiger partial charge in [0.25, 0.3) is 5.91 Å². The van der Waals surface area contributed by atoms with Crippen molar-refractivity contribution in [1.29, 1.82) is 0 Å². The number of fused-ring (bicyclic) bond motifs is 1. The molecule has 0 aliphatic carbocycles. The van der Waals surface area contributed by atoms with Crippen LogP contribution in [-0.2, 0) is 33.9 Å². The summed E-state index contributed by atoms with van der Waals surface area (Å²) in [5.74, 6) is -4.86. The summed E-state index contributed by atoms with van der Waals surface area (Å²) in [6, 6.07) is 5.17. The van der Waals surface area contributed by atoms with E-state index in [1.807, 2.05) is 13.8 Å². The Morgan fingerprint density at radius 2 is 2.00 bits per heavy atom. The van der Waals surface area contributed by atoms with Gasteiger partial charge in [-0.1, -0.05) is 12.1 Å². The van der Waals surface area contributed by atoms with Crippen LogP contribution in [0, 0.1) is 5.82 Å². The molecule has 2 aromatic carbocycles. The highest BCUT2D eigenvalue weighted by molar-refractivity contribution is 6.06. The Labute approximate surface area is 219 Å². The van der Waals surface area contributed by atoms with Gasteiger partial charge in [0.05, 0.1) is 16.3 Å². The highest BCUT2D eigenvalue weighted by Crippen LogP contribution is 2.32. The Morgan fingerprint density at radius 1 is 1.22 bits per heavy atom. The van der Waals surface area contributed by atoms with Gasteiger partial charge in [-0.25, -0.2) is 4.39 Å². The third kappa shape index (κ3) is 4.99. The van der Waals surface area contributed by atoms with Crippen molar-refractivity contribution in [2.24, 2.45) is 0 Å². The second kappa shape index (κ2) is 9.99. The Balaban J connectivity index is 1.44. The molecule has 0 spiro atoms. The smallest absolute Gasteiger partial charge is 0.255 e. The topological polar surface area (TPSA) is 91.0 Å². The van der Waals surface area contributed by atoms with Gasteiger partial charge >= 0.3 is 0 Å². The second-order valence-corrected chi connectivity index (χ2v) is 9.12. The summed E-state index contributed by atoms with van der Waals surface area (Å²) in [6.45, 7) is 2.59. The zero-order valence-corrected chi connectivity index (χ0v) is 19.9. The third-order valence-corrected chi connectivity index (χ3v) is 6.24. The SMILES string of the molecule is [2H]C([2H])(Nc1cccc2c1CN(C1([2H])C(=O)NC(=O)C([2H])([2H])C1([2H])[2H])C2=O)c1cc(CN2CC(C)OC(C)C2)ccc1F. The van der Waals surface area contributed by atoms with Crippen LogP contribution in [0.4, 0.5) is 10.1 Å². The van der Waals surface area contributed by atoms with E-state index in [0.29, 0.717) is 30.1 Å². The van der Waals surface area contributed by atoms with Crippen molar-refractivity contribution in [1.82, 2.24) is 15.1 Å². The van der Waals surface area contributed by atoms with Gasteiger partial charge in [-0.3, -0.25) is 24.6 Å². The molecule has 3 heterocycles. The largest absolute Gasteiger partial charge is 0.381 e. The van der Waals surface area contributed by atoms with E-state index >= 15 is 4.39 Å². The maximum Gasteiger partial charge on any atom is 0.255 e. The fraction of sp³-hybridized carbons (Fsp3) is 0.444. The van der Waals surface area contributed by atoms with Crippen LogP contribution in [0.2, 0.25) is 0 Å². The van der Waals surface area contributed by atoms with Gasteiger partial charge < -0.3 is 15.0 Å². The molecular formula is C27H31FN4O4. The number of nitrogens with zero attached hydrogens (tertiary/aromatic N) is 2. The van der Waals surface area contributed by atoms with E-state index in [-0.39, 0.29) is 34.6 Å². The maximum atomic E-state index is 15.0. The van der Waals surface area contributed by atoms with Crippen LogP contribution in [-0.4, -0.2) is 58.8 Å². The van der Waals surface area contributed by atoms with Gasteiger partial charge in [-0.15, -0.1) is 0 Å². The number of carbonyl (C=O) groups excluding carboxylic acids is 3. The van der Waals surface area contributed by atoms with Crippen molar-refractivity contribution in [3.05, 3.63) is 64.5 Å². The Morgan fingerprint density at radius 3 is 2.78 bits per heavy atom. The Hall–Kier alpha value is -3.30. The van der Waals surface area contributed by atoms with Crippen LogP contribution in [0.15, 0.2) is 36.4 Å². The molecule has 0 bridgehead atoms. The van der Waals surface area contributed by atoms with Gasteiger partial charge in [0.15, 0.2) is 0 Å². The Bertz CT molecular complexity index is 1500. The highest BCUT2D eigenvalue weighted by atomic mass is 19.1. The molecule has 8 nitrogen and oxygen atoms in total. The van der Waals surface area contributed by atoms with E-state index in [4.69, 9.17) is 14.3 Å². The van der Waals surface area contributed by atoms with Gasteiger partial charge in [-0.2, -0.15) is 0 Å². The number of morpholine rings is 1. The third-order valence-electron chi connectivity index (χ3n) is 6.24. The number of piperidine rings is 1. The lowest BCUT2D eigenvalue weighted by Crippen LogP contribution is -2.52. The van der Waals surface area contributed by atoms with Crippen LogP contribution in [0.1, 0.15) is 63.2 Å². The number of benzene rings is 2. The minimum atomic E-state index is -3.45. The quantitative estimate of drug-likeness (QED) is 0.592. The lowest BCUT2D eigenvalue weighted by Gasteiger charge is -2.35. The summed E-state index contributed by atoms with van der Waals surface area (Å²) in [5, 5.41) is 4.29. The number of anilines is 1. The normalized spacial score (nSPS) is 32.7. The maximum absolute atomic E-state index is 15.0. The average Bonchev–Trinajstić information content (AvgIpc) is 3.25. The van der Waals surface area contributed by atoms with Crippen molar-refractivity contribution in [3.63, 3.8) is 0 Å². The molecule has 5 rings (SSSR count). The first-order chi connectivity index (χ1) is 19.9. The number of amides is 3. The molecule has 3 atom stereocenters. The summed E-state index contributed by atoms with van der Waals surface area (Å²) in [6.07, 6.45) is -6.75. The number of hydrogen-bond acceptors (Lipinski definition) is 6. The van der Waals surface area contributed by atoms with Crippen LogP contribution < -0.4 is 10.6 Å². The van der Waals surface area contributed by atoms with Gasteiger partial charge in [0.2, 0.25) is 11.8 Å². The summed E-state index contributed by atoms with van der Waals surface area (Å²) >= 11 is 0. The first kappa shape index (κ1) is 17.2. The summed E-state index contributed by atoms with van der Waals surface area (Å²) < 4.78 is 79.4. The molecule has 9 heteroatoms. The minimum Gasteiger partial charge on any atom is -0.381 e. The van der Waals surface area contributed by atoms with Crippen molar-refractivity contribution >= 4 is 23.4 Å². The molecule has 3 amide bonds. The minimum absolute atomic E-state index is 0.0103. The monoisotopic (exact) mass is 501 g/mol. The van der Waals surface area contributed by atoms with Crippen LogP contribution in [0.5, 0.6) is 0 Å². The number of halogens is 1. The Kier molecular flexibility index (Phi) is 4.77. The molecule has 190 valence electrons. The average molecular weight is 502 g/mol. The summed E-state index contributed by atoms with van der Waals surface area (Å²) in [4.78, 5) is 40.9. The first-order valence-electron chi connectivity index (χ1n) is 15.1. The fourth-order valence-electron chi connectivity index (χ4n) is 4.76. The van der Waals surface area contributed by atoms with Crippen LogP contribution >= 0.6 is 0 Å². The van der Waals surface area contributed by atoms with E-state index in [1.54, 1.807) is 11.4 Å². The number of carbonyl (C=O) groups is 3. The van der Waals surface area contributed by atoms with E-state index in [2.05, 4.69) is 10.2 Å². The molecule has 0 saturated carbocycles. The molecule has 2 aromatic rings. The highest BCUT2D eigenvalue weighted by Gasteiger charge is 2.39. The number of ether oxygens (including phenoxy) is 1. The van der Waals surface area contributed by atoms with Crippen LogP contribution in [0.25, 0.3) is 0 Å². The number of imide groups is 1. The summed E-state index contributed by atoms with van der Waals surface area (Å²) in [5.41, 5.74) is 0.423. The number of nitrogens with one attached hydrogen (secondary N) is 2. The van der Waals surface area contributed by atoms with E-state index in [0.717, 1.165) is 0 Å². The van der Waals surface area contributed by atoms with Crippen molar-refractivity contribution in [3.8, 4) is 0 Å². The molecule has 0 radical (unpaired) electrons. The zero-order valence-electron chi connectivity index (χ0n) is 26.9. The van der Waals surface area contributed by atoms with E-state index in [1.165, 1.54) is 30.3 Å². The van der Waals surface area contributed by atoms with Gasteiger partial charge in [-0.05, 0) is 50.0 Å². The lowest BCUT2D eigenvalue weighted by molar-refractivity contribution is -0.136. The standard InChI is InChI=1S/C27H31FN4O4/c1-16-12-31(13-17(2)36-16)14-18-6-7-22(28)19(10-18)11-29-23-5-3-4-20-21(23)15-32(27(20)35)24-8-9-25(33)30-26(24)34/h3-7,10,16-17,24,29H,8-9,11-15H2,1-2H3,(H,30,33,34)/i8D2,9D2,11D2,24D. The van der Waals surface area contributed by atoms with Gasteiger partial charge in [0.1, 0.15) is 11.8 Å². The predicted molar refractivity (Wildman–Crippen MR) is 131 cm³/mol. The molecule has 0 aromatic heterocycles. The number of rotatable bonds is 6. The van der Waals surface area contributed by atoms with Crippen LogP contribution in [0.3, 0.4) is 0 Å². The molecule has 3 aliphatic rings. The summed E-state index contributed by atoms with van der Waals surface area (Å²) in [7, 11) is 0. The van der Waals surface area contributed by atoms with Crippen molar-refractivity contribution < 1.29 is 33.1 Å². The molecule has 3 aliphatic heterocycles. The van der Waals surface area contributed by atoms with Crippen molar-refractivity contribution in [2.75, 3.05) is 18.4 Å². The molecule has 2 N–H and O–H groups in total. The second-order valence-electron chi connectivity index (χ2n) is 9.12. The molecule has 2 saturated heterocycles. The van der Waals surface area contributed by atoms with E-state index in [9.17, 15) is 14.4 Å². The lowest BCUT2D eigenvalue weighted by atomic mass is 10.0. The predicted octanol–water partition coefficient (Wildman–Crippen LogP) is 2.81. The van der Waals surface area contributed by atoms with Gasteiger partial charge in [0, 0.05) is 66.9 Å². The molecule has 2 fully saturated rings. The zero-order chi connectivity index (χ0) is 31.7. The van der Waals surface area contributed by atoms with E-state index < -0.39 is 55.3 Å². The molecule has 3 unspecified atom stereocenters. The fourth-order valence-corrected chi connectivity index (χ4v) is 4.76. The first-order valence-corrected chi connectivity index (χ1v) is 11.6. The van der Waals surface area contributed by atoms with Crippen molar-refractivity contribution in [2.45, 2.75) is 64.4 Å². The molecular weight excluding hydrogens is 463 g/mol. The molecule has 36 heavy (non-hydrogen) atoms. The number of hydrogen-bond donors (Lipinski definition) is 2.